The van der Waals surface area contributed by atoms with E-state index in [1.54, 1.807) is 0 Å². The van der Waals surface area contributed by atoms with Gasteiger partial charge in [-0.3, -0.25) is 0 Å². The van der Waals surface area contributed by atoms with Gasteiger partial charge in [0.15, 0.2) is 5.82 Å². The first kappa shape index (κ1) is 12.1. The molecule has 0 radical (unpaired) electrons. The molecule has 0 spiro atoms. The number of hydrogen-bond acceptors (Lipinski definition) is 4. The Hall–Kier alpha value is -1.91. The quantitative estimate of drug-likeness (QED) is 0.914. The summed E-state index contributed by atoms with van der Waals surface area (Å²) in [6, 6.07) is 1.99. The van der Waals surface area contributed by atoms with E-state index in [-0.39, 0.29) is 0 Å². The third-order valence-corrected chi connectivity index (χ3v) is 3.36. The molecule has 0 aromatic carbocycles. The maximum Gasteiger partial charge on any atom is 0.162 e. The number of hydrogen-bond donors (Lipinski definition) is 1. The first-order chi connectivity index (χ1) is 9.19. The fraction of sp³-hybridized carbons (Fsp3) is 0.500. The second-order valence-corrected chi connectivity index (χ2v) is 5.09. The van der Waals surface area contributed by atoms with Crippen molar-refractivity contribution in [2.24, 2.45) is 0 Å². The molecule has 100 valence electrons. The fourth-order valence-electron chi connectivity index (χ4n) is 2.14. The van der Waals surface area contributed by atoms with Gasteiger partial charge in [0.05, 0.1) is 5.69 Å². The Bertz CT molecular complexity index is 598. The van der Waals surface area contributed by atoms with E-state index in [0.717, 1.165) is 35.3 Å². The van der Waals surface area contributed by atoms with Crippen molar-refractivity contribution < 1.29 is 0 Å². The minimum absolute atomic E-state index is 0.536. The zero-order valence-electron chi connectivity index (χ0n) is 11.6. The molecular formula is C14H19N5. The van der Waals surface area contributed by atoms with E-state index < -0.39 is 0 Å². The lowest BCUT2D eigenvalue weighted by atomic mass is 10.2. The Morgan fingerprint density at radius 3 is 2.68 bits per heavy atom. The van der Waals surface area contributed by atoms with Crippen molar-refractivity contribution in [3.63, 3.8) is 0 Å². The molecule has 0 bridgehead atoms. The molecule has 19 heavy (non-hydrogen) atoms. The number of aromatic nitrogens is 4. The molecule has 5 nitrogen and oxygen atoms in total. The van der Waals surface area contributed by atoms with E-state index in [9.17, 15) is 0 Å². The van der Waals surface area contributed by atoms with Crippen LogP contribution in [0.5, 0.6) is 0 Å². The summed E-state index contributed by atoms with van der Waals surface area (Å²) < 4.78 is 1.85. The molecule has 2 heterocycles. The third-order valence-electron chi connectivity index (χ3n) is 3.36. The van der Waals surface area contributed by atoms with E-state index in [1.165, 1.54) is 12.8 Å². The topological polar surface area (TPSA) is 55.6 Å². The molecule has 1 N–H and O–H groups in total. The second kappa shape index (κ2) is 4.64. The zero-order valence-corrected chi connectivity index (χ0v) is 11.6. The van der Waals surface area contributed by atoms with Gasteiger partial charge >= 0.3 is 0 Å². The summed E-state index contributed by atoms with van der Waals surface area (Å²) in [7, 11) is 0. The molecule has 0 amide bonds. The van der Waals surface area contributed by atoms with Gasteiger partial charge < -0.3 is 5.32 Å². The minimum atomic E-state index is 0.536. The summed E-state index contributed by atoms with van der Waals surface area (Å²) in [6.45, 7) is 6.97. The molecule has 0 aliphatic heterocycles. The van der Waals surface area contributed by atoms with Gasteiger partial charge in [-0.25, -0.2) is 14.6 Å². The van der Waals surface area contributed by atoms with Crippen LogP contribution < -0.4 is 5.32 Å². The number of aryl methyl sites for hydroxylation is 1. The highest BCUT2D eigenvalue weighted by molar-refractivity contribution is 5.52. The average Bonchev–Trinajstić information content (AvgIpc) is 3.15. The Balaban J connectivity index is 2.10. The molecule has 2 aromatic rings. The van der Waals surface area contributed by atoms with Crippen LogP contribution in [0.3, 0.4) is 0 Å². The van der Waals surface area contributed by atoms with Gasteiger partial charge in [-0.2, -0.15) is 5.10 Å². The highest BCUT2D eigenvalue weighted by Crippen LogP contribution is 2.39. The number of nitrogens with one attached hydrogen (secondary N) is 1. The molecule has 1 aliphatic carbocycles. The predicted octanol–water partition coefficient (Wildman–Crippen LogP) is 2.59. The van der Waals surface area contributed by atoms with Crippen LogP contribution in [0.15, 0.2) is 12.3 Å². The van der Waals surface area contributed by atoms with Crippen molar-refractivity contribution in [1.29, 1.82) is 0 Å². The van der Waals surface area contributed by atoms with Gasteiger partial charge in [0.2, 0.25) is 0 Å². The van der Waals surface area contributed by atoms with Gasteiger partial charge in [-0.05, 0) is 39.7 Å². The smallest absolute Gasteiger partial charge is 0.162 e. The van der Waals surface area contributed by atoms with Crippen LogP contribution in [-0.4, -0.2) is 26.3 Å². The van der Waals surface area contributed by atoms with E-state index >= 15 is 0 Å². The van der Waals surface area contributed by atoms with Gasteiger partial charge in [-0.1, -0.05) is 0 Å². The molecule has 3 rings (SSSR count). The molecule has 1 fully saturated rings. The average molecular weight is 257 g/mol. The standard InChI is InChI=1S/C14H19N5/c1-4-15-12-10(3)14(19-8-7-9(2)18-19)17-13(16-12)11-5-6-11/h7-8,11H,4-6H2,1-3H3,(H,15,16,17). The van der Waals surface area contributed by atoms with Gasteiger partial charge in [0, 0.05) is 24.2 Å². The lowest BCUT2D eigenvalue weighted by molar-refractivity contribution is 0.791. The van der Waals surface area contributed by atoms with Crippen molar-refractivity contribution in [2.75, 3.05) is 11.9 Å². The number of nitrogens with zero attached hydrogens (tertiary/aromatic N) is 4. The SMILES string of the molecule is CCNc1nc(C2CC2)nc(-n2ccc(C)n2)c1C. The van der Waals surface area contributed by atoms with E-state index in [2.05, 4.69) is 22.3 Å². The molecular weight excluding hydrogens is 238 g/mol. The summed E-state index contributed by atoms with van der Waals surface area (Å²) in [5, 5.41) is 7.79. The summed E-state index contributed by atoms with van der Waals surface area (Å²) in [5.74, 6) is 3.31. The molecule has 0 atom stereocenters. The minimum Gasteiger partial charge on any atom is -0.370 e. The first-order valence-electron chi connectivity index (χ1n) is 6.84. The molecule has 5 heteroatoms. The van der Waals surface area contributed by atoms with Crippen molar-refractivity contribution in [2.45, 2.75) is 39.5 Å². The monoisotopic (exact) mass is 257 g/mol. The Morgan fingerprint density at radius 1 is 1.32 bits per heavy atom. The summed E-state index contributed by atoms with van der Waals surface area (Å²) >= 11 is 0. The molecule has 2 aromatic heterocycles. The van der Waals surface area contributed by atoms with Crippen LogP contribution in [0.1, 0.15) is 42.8 Å². The Kier molecular flexibility index (Phi) is 2.97. The van der Waals surface area contributed by atoms with Crippen LogP contribution in [0, 0.1) is 13.8 Å². The Morgan fingerprint density at radius 2 is 2.11 bits per heavy atom. The third kappa shape index (κ3) is 2.32. The summed E-state index contributed by atoms with van der Waals surface area (Å²) in [5.41, 5.74) is 2.05. The van der Waals surface area contributed by atoms with Crippen LogP contribution in [0.4, 0.5) is 5.82 Å². The lowest BCUT2D eigenvalue weighted by Gasteiger charge is -2.13. The van der Waals surface area contributed by atoms with Crippen molar-refractivity contribution in [1.82, 2.24) is 19.7 Å². The second-order valence-electron chi connectivity index (χ2n) is 5.09. The predicted molar refractivity (Wildman–Crippen MR) is 74.8 cm³/mol. The van der Waals surface area contributed by atoms with Crippen LogP contribution in [-0.2, 0) is 0 Å². The van der Waals surface area contributed by atoms with E-state index in [0.29, 0.717) is 5.92 Å². The molecule has 0 unspecified atom stereocenters. The fourth-order valence-corrected chi connectivity index (χ4v) is 2.14. The Labute approximate surface area is 113 Å². The van der Waals surface area contributed by atoms with Crippen molar-refractivity contribution in [3.05, 3.63) is 29.3 Å². The van der Waals surface area contributed by atoms with Gasteiger partial charge in [0.25, 0.3) is 0 Å². The lowest BCUT2D eigenvalue weighted by Crippen LogP contribution is -2.11. The molecule has 0 saturated heterocycles. The molecule has 1 saturated carbocycles. The highest BCUT2D eigenvalue weighted by atomic mass is 15.3. The summed E-state index contributed by atoms with van der Waals surface area (Å²) in [6.07, 6.45) is 4.36. The van der Waals surface area contributed by atoms with E-state index in [4.69, 9.17) is 4.98 Å². The van der Waals surface area contributed by atoms with Gasteiger partial charge in [0.1, 0.15) is 11.6 Å². The van der Waals surface area contributed by atoms with Crippen LogP contribution in [0.25, 0.3) is 5.82 Å². The number of rotatable bonds is 4. The summed E-state index contributed by atoms with van der Waals surface area (Å²) in [4.78, 5) is 9.36. The van der Waals surface area contributed by atoms with Crippen molar-refractivity contribution >= 4 is 5.82 Å². The number of anilines is 1. The largest absolute Gasteiger partial charge is 0.370 e. The normalized spacial score (nSPS) is 14.7. The van der Waals surface area contributed by atoms with Crippen molar-refractivity contribution in [3.8, 4) is 5.82 Å². The van der Waals surface area contributed by atoms with Gasteiger partial charge in [-0.15, -0.1) is 0 Å². The molecule has 1 aliphatic rings. The first-order valence-corrected chi connectivity index (χ1v) is 6.84. The van der Waals surface area contributed by atoms with E-state index in [1.807, 2.05) is 30.8 Å². The highest BCUT2D eigenvalue weighted by Gasteiger charge is 2.28. The zero-order chi connectivity index (χ0) is 13.4. The maximum atomic E-state index is 4.71. The van der Waals surface area contributed by atoms with Crippen LogP contribution in [0.2, 0.25) is 0 Å². The van der Waals surface area contributed by atoms with Crippen LogP contribution >= 0.6 is 0 Å². The maximum absolute atomic E-state index is 4.71.